The number of amides is 1. The van der Waals surface area contributed by atoms with Crippen LogP contribution in [0.1, 0.15) is 37.3 Å². The standard InChI is InChI=1S/C21H35N5O.HI/c1-5-25(4)16-19-8-6-7-18(13-19)15-24-21(23-3)26-11-9-17(10-12-26)14-20(27)22-2;/h6-8,13,17H,5,9-12,14-16H2,1-4H3,(H,22,27)(H,23,24);1H. The Hall–Kier alpha value is -1.35. The fourth-order valence-corrected chi connectivity index (χ4v) is 3.49. The number of nitrogens with zero attached hydrogens (tertiary/aromatic N) is 3. The van der Waals surface area contributed by atoms with E-state index in [2.05, 4.69) is 63.7 Å². The van der Waals surface area contributed by atoms with Crippen molar-refractivity contribution in [2.45, 2.75) is 39.3 Å². The second-order valence-electron chi connectivity index (χ2n) is 7.36. The van der Waals surface area contributed by atoms with Gasteiger partial charge in [-0.15, -0.1) is 24.0 Å². The van der Waals surface area contributed by atoms with E-state index in [4.69, 9.17) is 0 Å². The smallest absolute Gasteiger partial charge is 0.220 e. The number of benzene rings is 1. The Balaban J connectivity index is 0.00000392. The fourth-order valence-electron chi connectivity index (χ4n) is 3.49. The molecule has 0 aliphatic carbocycles. The van der Waals surface area contributed by atoms with Gasteiger partial charge in [0.2, 0.25) is 5.91 Å². The second-order valence-corrected chi connectivity index (χ2v) is 7.36. The number of hydrogen-bond acceptors (Lipinski definition) is 3. The quantitative estimate of drug-likeness (QED) is 0.343. The van der Waals surface area contributed by atoms with Crippen molar-refractivity contribution in [3.8, 4) is 0 Å². The van der Waals surface area contributed by atoms with Crippen molar-refractivity contribution in [3.63, 3.8) is 0 Å². The van der Waals surface area contributed by atoms with Gasteiger partial charge in [0, 0.05) is 46.7 Å². The van der Waals surface area contributed by atoms with Crippen LogP contribution in [-0.2, 0) is 17.9 Å². The van der Waals surface area contributed by atoms with Crippen molar-refractivity contribution < 1.29 is 4.79 Å². The van der Waals surface area contributed by atoms with Crippen LogP contribution in [0.5, 0.6) is 0 Å². The number of aliphatic imine (C=N–C) groups is 1. The summed E-state index contributed by atoms with van der Waals surface area (Å²) in [7, 11) is 5.69. The molecule has 0 saturated carbocycles. The van der Waals surface area contributed by atoms with Gasteiger partial charge in [-0.3, -0.25) is 9.79 Å². The lowest BCUT2D eigenvalue weighted by Gasteiger charge is -2.34. The van der Waals surface area contributed by atoms with Gasteiger partial charge in [-0.2, -0.15) is 0 Å². The molecule has 158 valence electrons. The summed E-state index contributed by atoms with van der Waals surface area (Å²) in [6.45, 7) is 6.86. The van der Waals surface area contributed by atoms with Crippen LogP contribution in [0.2, 0.25) is 0 Å². The summed E-state index contributed by atoms with van der Waals surface area (Å²) in [5, 5.41) is 6.22. The number of likely N-dealkylation sites (tertiary alicyclic amines) is 1. The van der Waals surface area contributed by atoms with Crippen molar-refractivity contribution >= 4 is 35.8 Å². The summed E-state index contributed by atoms with van der Waals surface area (Å²) in [5.74, 6) is 1.57. The van der Waals surface area contributed by atoms with E-state index in [0.29, 0.717) is 12.3 Å². The Bertz CT molecular complexity index is 629. The molecule has 0 spiro atoms. The minimum Gasteiger partial charge on any atom is -0.359 e. The third kappa shape index (κ3) is 7.95. The summed E-state index contributed by atoms with van der Waals surface area (Å²) in [5.41, 5.74) is 2.61. The van der Waals surface area contributed by atoms with Crippen LogP contribution in [0.3, 0.4) is 0 Å². The molecule has 1 aromatic carbocycles. The lowest BCUT2D eigenvalue weighted by molar-refractivity contribution is -0.121. The minimum atomic E-state index is 0. The number of carbonyl (C=O) groups is 1. The molecule has 28 heavy (non-hydrogen) atoms. The maximum Gasteiger partial charge on any atom is 0.220 e. The summed E-state index contributed by atoms with van der Waals surface area (Å²) in [6.07, 6.45) is 2.70. The van der Waals surface area contributed by atoms with E-state index in [1.54, 1.807) is 7.05 Å². The largest absolute Gasteiger partial charge is 0.359 e. The molecule has 6 nitrogen and oxygen atoms in total. The highest BCUT2D eigenvalue weighted by Crippen LogP contribution is 2.20. The van der Waals surface area contributed by atoms with E-state index in [-0.39, 0.29) is 29.9 Å². The Morgan fingerprint density at radius 2 is 1.96 bits per heavy atom. The second kappa shape index (κ2) is 13.0. The van der Waals surface area contributed by atoms with Crippen molar-refractivity contribution in [1.29, 1.82) is 0 Å². The molecular formula is C21H36IN5O. The first-order valence-corrected chi connectivity index (χ1v) is 9.98. The highest BCUT2D eigenvalue weighted by molar-refractivity contribution is 14.0. The van der Waals surface area contributed by atoms with Gasteiger partial charge in [0.15, 0.2) is 5.96 Å². The van der Waals surface area contributed by atoms with E-state index < -0.39 is 0 Å². The molecule has 2 N–H and O–H groups in total. The number of nitrogens with one attached hydrogen (secondary N) is 2. The zero-order valence-corrected chi connectivity index (χ0v) is 20.0. The molecule has 1 aromatic rings. The Morgan fingerprint density at radius 1 is 1.29 bits per heavy atom. The van der Waals surface area contributed by atoms with E-state index in [1.807, 2.05) is 7.05 Å². The van der Waals surface area contributed by atoms with Crippen LogP contribution in [0.25, 0.3) is 0 Å². The van der Waals surface area contributed by atoms with E-state index in [0.717, 1.165) is 51.5 Å². The van der Waals surface area contributed by atoms with Crippen molar-refractivity contribution in [2.75, 3.05) is 40.8 Å². The van der Waals surface area contributed by atoms with Crippen molar-refractivity contribution in [1.82, 2.24) is 20.4 Å². The third-order valence-electron chi connectivity index (χ3n) is 5.31. The van der Waals surface area contributed by atoms with Gasteiger partial charge in [0.25, 0.3) is 0 Å². The molecule has 1 fully saturated rings. The van der Waals surface area contributed by atoms with Crippen LogP contribution in [0.15, 0.2) is 29.3 Å². The molecule has 2 rings (SSSR count). The first kappa shape index (κ1) is 24.7. The number of hydrogen-bond donors (Lipinski definition) is 2. The van der Waals surface area contributed by atoms with Crippen LogP contribution >= 0.6 is 24.0 Å². The Morgan fingerprint density at radius 3 is 2.57 bits per heavy atom. The number of carbonyl (C=O) groups excluding carboxylic acids is 1. The third-order valence-corrected chi connectivity index (χ3v) is 5.31. The van der Waals surface area contributed by atoms with Crippen molar-refractivity contribution in [2.24, 2.45) is 10.9 Å². The Kier molecular flexibility index (Phi) is 11.4. The van der Waals surface area contributed by atoms with Crippen LogP contribution < -0.4 is 10.6 Å². The van der Waals surface area contributed by atoms with E-state index >= 15 is 0 Å². The summed E-state index contributed by atoms with van der Waals surface area (Å²) in [4.78, 5) is 20.6. The first-order chi connectivity index (χ1) is 13.0. The molecule has 1 aliphatic heterocycles. The molecule has 0 aromatic heterocycles. The van der Waals surface area contributed by atoms with Crippen LogP contribution in [-0.4, -0.2) is 62.4 Å². The topological polar surface area (TPSA) is 60.0 Å². The van der Waals surface area contributed by atoms with Gasteiger partial charge < -0.3 is 20.4 Å². The molecule has 0 atom stereocenters. The molecule has 1 saturated heterocycles. The predicted molar refractivity (Wildman–Crippen MR) is 127 cm³/mol. The zero-order valence-electron chi connectivity index (χ0n) is 17.7. The fraction of sp³-hybridized carbons (Fsp3) is 0.619. The molecule has 0 radical (unpaired) electrons. The highest BCUT2D eigenvalue weighted by atomic mass is 127. The van der Waals surface area contributed by atoms with Gasteiger partial charge in [0.1, 0.15) is 0 Å². The summed E-state index contributed by atoms with van der Waals surface area (Å²) in [6, 6.07) is 8.73. The highest BCUT2D eigenvalue weighted by Gasteiger charge is 2.22. The lowest BCUT2D eigenvalue weighted by Crippen LogP contribution is -2.45. The van der Waals surface area contributed by atoms with Crippen LogP contribution in [0, 0.1) is 5.92 Å². The minimum absolute atomic E-state index is 0. The average molecular weight is 501 g/mol. The number of piperidine rings is 1. The molecule has 0 unspecified atom stereocenters. The maximum atomic E-state index is 11.6. The summed E-state index contributed by atoms with van der Waals surface area (Å²) < 4.78 is 0. The zero-order chi connectivity index (χ0) is 19.6. The maximum absolute atomic E-state index is 11.6. The molecule has 1 aliphatic rings. The number of guanidine groups is 1. The number of rotatable bonds is 7. The SMILES string of the molecule is CCN(C)Cc1cccc(CNC(=NC)N2CCC(CC(=O)NC)CC2)c1.I. The molecule has 7 heteroatoms. The number of halogens is 1. The van der Waals surface area contributed by atoms with Crippen molar-refractivity contribution in [3.05, 3.63) is 35.4 Å². The van der Waals surface area contributed by atoms with E-state index in [1.165, 1.54) is 11.1 Å². The van der Waals surface area contributed by atoms with Gasteiger partial charge in [-0.05, 0) is 43.5 Å². The first-order valence-electron chi connectivity index (χ1n) is 9.98. The lowest BCUT2D eigenvalue weighted by atomic mass is 9.93. The average Bonchev–Trinajstić information content (AvgIpc) is 2.69. The Labute approximate surface area is 187 Å². The molecule has 1 amide bonds. The van der Waals surface area contributed by atoms with Gasteiger partial charge in [0.05, 0.1) is 0 Å². The molecular weight excluding hydrogens is 465 g/mol. The summed E-state index contributed by atoms with van der Waals surface area (Å²) >= 11 is 0. The van der Waals surface area contributed by atoms with Gasteiger partial charge in [-0.1, -0.05) is 31.2 Å². The molecule has 0 bridgehead atoms. The van der Waals surface area contributed by atoms with Crippen LogP contribution in [0.4, 0.5) is 0 Å². The predicted octanol–water partition coefficient (Wildman–Crippen LogP) is 2.68. The normalized spacial score (nSPS) is 15.3. The van der Waals surface area contributed by atoms with Gasteiger partial charge >= 0.3 is 0 Å². The van der Waals surface area contributed by atoms with Gasteiger partial charge in [-0.25, -0.2) is 0 Å². The molecule has 1 heterocycles. The monoisotopic (exact) mass is 501 g/mol. The van der Waals surface area contributed by atoms with E-state index in [9.17, 15) is 4.79 Å².